The van der Waals surface area contributed by atoms with Crippen LogP contribution in [-0.2, 0) is 19.1 Å². The number of fused-ring (bicyclic) bond motifs is 1. The van der Waals surface area contributed by atoms with Crippen molar-refractivity contribution in [1.29, 1.82) is 0 Å². The van der Waals surface area contributed by atoms with Crippen molar-refractivity contribution in [3.8, 4) is 5.69 Å². The maximum atomic E-state index is 13.4. The number of hydrogen-bond donors (Lipinski definition) is 1. The molecule has 8 heteroatoms. The first-order valence-corrected chi connectivity index (χ1v) is 12.3. The second kappa shape index (κ2) is 9.62. The molecule has 0 bridgehead atoms. The summed E-state index contributed by atoms with van der Waals surface area (Å²) in [5.41, 5.74) is 2.95. The van der Waals surface area contributed by atoms with E-state index in [1.165, 1.54) is 11.6 Å². The van der Waals surface area contributed by atoms with E-state index in [1.54, 1.807) is 4.68 Å². The van der Waals surface area contributed by atoms with Crippen LogP contribution in [0.15, 0.2) is 48.5 Å². The number of rotatable bonds is 4. The van der Waals surface area contributed by atoms with Gasteiger partial charge in [0.2, 0.25) is 0 Å². The normalized spacial score (nSPS) is 19.4. The Hall–Kier alpha value is -2.51. The van der Waals surface area contributed by atoms with Gasteiger partial charge in [-0.25, -0.2) is 4.68 Å². The number of nitrogens with one attached hydrogen (secondary N) is 1. The van der Waals surface area contributed by atoms with Crippen LogP contribution in [-0.4, -0.2) is 34.3 Å². The van der Waals surface area contributed by atoms with Gasteiger partial charge in [0.25, 0.3) is 0 Å². The molecule has 1 N–H and O–H groups in total. The maximum absolute atomic E-state index is 13.4. The molecule has 2 aliphatic heterocycles. The highest BCUT2D eigenvalue weighted by Gasteiger charge is 2.33. The lowest BCUT2D eigenvalue weighted by molar-refractivity contribution is -0.137. The first kappa shape index (κ1) is 23.2. The molecular formula is C26H28ClF3N4. The molecule has 1 unspecified atom stereocenters. The predicted molar refractivity (Wildman–Crippen MR) is 129 cm³/mol. The topological polar surface area (TPSA) is 33.1 Å². The summed E-state index contributed by atoms with van der Waals surface area (Å²) in [5, 5.41) is 8.62. The third-order valence-electron chi connectivity index (χ3n) is 6.80. The lowest BCUT2D eigenvalue weighted by Crippen LogP contribution is -2.34. The number of aromatic nitrogens is 2. The minimum atomic E-state index is -4.44. The van der Waals surface area contributed by atoms with Crippen molar-refractivity contribution in [2.75, 3.05) is 25.0 Å². The number of piperidine rings is 1. The van der Waals surface area contributed by atoms with Crippen LogP contribution in [0, 0.1) is 0 Å². The smallest absolute Gasteiger partial charge is 0.370 e. The molecule has 2 aromatic carbocycles. The van der Waals surface area contributed by atoms with Gasteiger partial charge in [0.1, 0.15) is 5.82 Å². The molecular weight excluding hydrogens is 461 g/mol. The summed E-state index contributed by atoms with van der Waals surface area (Å²) in [6.45, 7) is 3.57. The zero-order valence-corrected chi connectivity index (χ0v) is 19.7. The van der Waals surface area contributed by atoms with Crippen molar-refractivity contribution in [2.45, 2.75) is 50.7 Å². The average Bonchev–Trinajstić information content (AvgIpc) is 3.00. The molecule has 0 amide bonds. The van der Waals surface area contributed by atoms with Crippen molar-refractivity contribution < 1.29 is 13.2 Å². The Morgan fingerprint density at radius 1 is 1.06 bits per heavy atom. The van der Waals surface area contributed by atoms with Crippen LogP contribution in [0.1, 0.15) is 54.0 Å². The summed E-state index contributed by atoms with van der Waals surface area (Å²) in [7, 11) is 0. The minimum absolute atomic E-state index is 0.233. The fourth-order valence-electron chi connectivity index (χ4n) is 5.15. The zero-order chi connectivity index (χ0) is 23.7. The van der Waals surface area contributed by atoms with Gasteiger partial charge < -0.3 is 5.32 Å². The summed E-state index contributed by atoms with van der Waals surface area (Å²) in [4.78, 5) is 2.45. The van der Waals surface area contributed by atoms with Crippen LogP contribution in [0.3, 0.4) is 0 Å². The SMILES string of the molecule is FC(F)(F)c1ccc(Cl)c(-n2nc(C3CCCN(Cc4ccccc4)C3)c3c2NCCCC3)c1. The van der Waals surface area contributed by atoms with E-state index in [0.717, 1.165) is 87.5 Å². The van der Waals surface area contributed by atoms with Gasteiger partial charge in [-0.05, 0) is 62.4 Å². The Bertz CT molecular complexity index is 1140. The van der Waals surface area contributed by atoms with E-state index in [-0.39, 0.29) is 16.6 Å². The van der Waals surface area contributed by atoms with Crippen molar-refractivity contribution in [3.05, 3.63) is 75.9 Å². The Morgan fingerprint density at radius 2 is 1.88 bits per heavy atom. The van der Waals surface area contributed by atoms with Crippen LogP contribution >= 0.6 is 11.6 Å². The van der Waals surface area contributed by atoms with Gasteiger partial charge in [-0.15, -0.1) is 0 Å². The van der Waals surface area contributed by atoms with Gasteiger partial charge in [-0.3, -0.25) is 4.90 Å². The third kappa shape index (κ3) is 4.82. The quantitative estimate of drug-likeness (QED) is 0.445. The van der Waals surface area contributed by atoms with Gasteiger partial charge in [0.05, 0.1) is 22.0 Å². The van der Waals surface area contributed by atoms with Crippen LogP contribution < -0.4 is 5.32 Å². The van der Waals surface area contributed by atoms with Gasteiger partial charge in [0, 0.05) is 31.1 Å². The molecule has 3 heterocycles. The van der Waals surface area contributed by atoms with Crippen LogP contribution in [0.4, 0.5) is 19.0 Å². The second-order valence-corrected chi connectivity index (χ2v) is 9.64. The largest absolute Gasteiger partial charge is 0.416 e. The van der Waals surface area contributed by atoms with Crippen LogP contribution in [0.2, 0.25) is 5.02 Å². The van der Waals surface area contributed by atoms with Gasteiger partial charge >= 0.3 is 6.18 Å². The number of alkyl halides is 3. The van der Waals surface area contributed by atoms with Gasteiger partial charge in [-0.2, -0.15) is 18.3 Å². The summed E-state index contributed by atoms with van der Waals surface area (Å²) in [5.74, 6) is 1.02. The van der Waals surface area contributed by atoms with Crippen molar-refractivity contribution in [3.63, 3.8) is 0 Å². The molecule has 0 aliphatic carbocycles. The standard InChI is InChI=1S/C26H28ClF3N4/c27-22-12-11-20(26(28,29)30)15-23(22)34-25-21(10-4-5-13-31-25)24(32-34)19-9-6-14-33(17-19)16-18-7-2-1-3-8-18/h1-3,7-8,11-12,15,19,31H,4-6,9-10,13-14,16-17H2. The summed E-state index contributed by atoms with van der Waals surface area (Å²) in [6.07, 6.45) is 0.539. The molecule has 0 spiro atoms. The monoisotopic (exact) mass is 488 g/mol. The lowest BCUT2D eigenvalue weighted by Gasteiger charge is -2.32. The lowest BCUT2D eigenvalue weighted by atomic mass is 9.91. The minimum Gasteiger partial charge on any atom is -0.370 e. The molecule has 0 radical (unpaired) electrons. The second-order valence-electron chi connectivity index (χ2n) is 9.23. The fourth-order valence-corrected chi connectivity index (χ4v) is 5.34. The fraction of sp³-hybridized carbons (Fsp3) is 0.423. The number of benzene rings is 2. The average molecular weight is 489 g/mol. The highest BCUT2D eigenvalue weighted by molar-refractivity contribution is 6.32. The Labute approximate surface area is 202 Å². The molecule has 1 fully saturated rings. The van der Waals surface area contributed by atoms with Crippen molar-refractivity contribution in [2.24, 2.45) is 0 Å². The number of hydrogen-bond acceptors (Lipinski definition) is 3. The van der Waals surface area contributed by atoms with Gasteiger partial charge in [-0.1, -0.05) is 41.9 Å². The van der Waals surface area contributed by atoms with Gasteiger partial charge in [0.15, 0.2) is 0 Å². The first-order valence-electron chi connectivity index (χ1n) is 11.9. The molecule has 0 saturated carbocycles. The molecule has 1 atom stereocenters. The summed E-state index contributed by atoms with van der Waals surface area (Å²) in [6, 6.07) is 13.9. The maximum Gasteiger partial charge on any atom is 0.416 e. The molecule has 2 aliphatic rings. The molecule has 5 rings (SSSR count). The van der Waals surface area contributed by atoms with E-state index >= 15 is 0 Å². The Morgan fingerprint density at radius 3 is 2.68 bits per heavy atom. The Balaban J connectivity index is 1.51. The number of likely N-dealkylation sites (tertiary alicyclic amines) is 1. The van der Waals surface area contributed by atoms with Crippen LogP contribution in [0.5, 0.6) is 0 Å². The molecule has 180 valence electrons. The predicted octanol–water partition coefficient (Wildman–Crippen LogP) is 6.67. The van der Waals surface area contributed by atoms with Crippen molar-refractivity contribution in [1.82, 2.24) is 14.7 Å². The molecule has 34 heavy (non-hydrogen) atoms. The van der Waals surface area contributed by atoms with E-state index in [1.807, 2.05) is 6.07 Å². The summed E-state index contributed by atoms with van der Waals surface area (Å²) < 4.78 is 41.9. The number of anilines is 1. The molecule has 1 saturated heterocycles. The molecule has 3 aromatic rings. The van der Waals surface area contributed by atoms with E-state index in [4.69, 9.17) is 16.7 Å². The van der Waals surface area contributed by atoms with E-state index in [2.05, 4.69) is 34.5 Å². The van der Waals surface area contributed by atoms with Crippen molar-refractivity contribution >= 4 is 17.4 Å². The van der Waals surface area contributed by atoms with E-state index < -0.39 is 11.7 Å². The number of nitrogens with zero attached hydrogens (tertiary/aromatic N) is 3. The zero-order valence-electron chi connectivity index (χ0n) is 18.9. The molecule has 1 aromatic heterocycles. The number of halogens is 4. The van der Waals surface area contributed by atoms with E-state index in [0.29, 0.717) is 0 Å². The first-order chi connectivity index (χ1) is 16.4. The highest BCUT2D eigenvalue weighted by Crippen LogP contribution is 2.39. The van der Waals surface area contributed by atoms with Crippen LogP contribution in [0.25, 0.3) is 5.69 Å². The van der Waals surface area contributed by atoms with E-state index in [9.17, 15) is 13.2 Å². The molecule has 4 nitrogen and oxygen atoms in total. The third-order valence-corrected chi connectivity index (χ3v) is 7.12. The summed E-state index contributed by atoms with van der Waals surface area (Å²) >= 11 is 6.41. The Kier molecular flexibility index (Phi) is 6.58. The highest BCUT2D eigenvalue weighted by atomic mass is 35.5.